The number of ether oxygens (including phenoxy) is 1. The molecule has 1 fully saturated rings. The van der Waals surface area contributed by atoms with Gasteiger partial charge in [0.15, 0.2) is 5.76 Å². The minimum Gasteiger partial charge on any atom is -0.461 e. The van der Waals surface area contributed by atoms with Gasteiger partial charge in [-0.15, -0.1) is 0 Å². The highest BCUT2D eigenvalue weighted by atomic mass is 16.5. The molecule has 1 aliphatic rings. The van der Waals surface area contributed by atoms with Gasteiger partial charge >= 0.3 is 0 Å². The van der Waals surface area contributed by atoms with E-state index in [0.717, 1.165) is 6.54 Å². The Morgan fingerprint density at radius 2 is 2.20 bits per heavy atom. The van der Waals surface area contributed by atoms with Crippen LogP contribution >= 0.6 is 0 Å². The second kappa shape index (κ2) is 6.19. The molecule has 0 unspecified atom stereocenters. The number of hydrogen-bond donors (Lipinski definition) is 1. The van der Waals surface area contributed by atoms with Crippen LogP contribution in [0.3, 0.4) is 0 Å². The Labute approximate surface area is 118 Å². The van der Waals surface area contributed by atoms with Gasteiger partial charge in [-0.05, 0) is 26.0 Å². The Hall–Kier alpha value is -1.66. The number of hydrogen-bond acceptors (Lipinski definition) is 5. The lowest BCUT2D eigenvalue weighted by atomic mass is 10.2. The highest BCUT2D eigenvalue weighted by Crippen LogP contribution is 2.16. The first kappa shape index (κ1) is 14.7. The quantitative estimate of drug-likeness (QED) is 0.634. The SMILES string of the molecule is CO[C@@H]1CN(C(C)C)C[C@H]1NC(=O)C(=O)c1ccco1. The van der Waals surface area contributed by atoms with Gasteiger partial charge in [-0.2, -0.15) is 0 Å². The molecule has 20 heavy (non-hydrogen) atoms. The topological polar surface area (TPSA) is 71.8 Å². The number of amides is 1. The highest BCUT2D eigenvalue weighted by Gasteiger charge is 2.36. The van der Waals surface area contributed by atoms with Gasteiger partial charge in [0, 0.05) is 26.2 Å². The lowest BCUT2D eigenvalue weighted by Gasteiger charge is -2.19. The van der Waals surface area contributed by atoms with Gasteiger partial charge in [0.05, 0.1) is 18.4 Å². The van der Waals surface area contributed by atoms with Crippen LogP contribution in [0.15, 0.2) is 22.8 Å². The molecule has 0 bridgehead atoms. The van der Waals surface area contributed by atoms with Gasteiger partial charge in [-0.25, -0.2) is 0 Å². The Bertz CT molecular complexity index is 470. The van der Waals surface area contributed by atoms with Crippen LogP contribution in [0.5, 0.6) is 0 Å². The fraction of sp³-hybridized carbons (Fsp3) is 0.571. The molecule has 110 valence electrons. The van der Waals surface area contributed by atoms with E-state index in [2.05, 4.69) is 24.1 Å². The summed E-state index contributed by atoms with van der Waals surface area (Å²) in [7, 11) is 1.61. The number of furan rings is 1. The van der Waals surface area contributed by atoms with E-state index in [1.165, 1.54) is 12.3 Å². The number of nitrogens with zero attached hydrogens (tertiary/aromatic N) is 1. The zero-order valence-electron chi connectivity index (χ0n) is 12.0. The molecule has 1 aromatic rings. The van der Waals surface area contributed by atoms with Gasteiger partial charge < -0.3 is 14.5 Å². The first-order valence-electron chi connectivity index (χ1n) is 6.68. The summed E-state index contributed by atoms with van der Waals surface area (Å²) in [6, 6.07) is 3.24. The van der Waals surface area contributed by atoms with Crippen LogP contribution in [-0.2, 0) is 9.53 Å². The zero-order chi connectivity index (χ0) is 14.7. The van der Waals surface area contributed by atoms with Crippen LogP contribution in [0.1, 0.15) is 24.4 Å². The molecule has 0 saturated carbocycles. The van der Waals surface area contributed by atoms with Crippen molar-refractivity contribution < 1.29 is 18.7 Å². The summed E-state index contributed by atoms with van der Waals surface area (Å²) in [6.07, 6.45) is 1.26. The molecule has 1 aromatic heterocycles. The Morgan fingerprint density at radius 1 is 1.45 bits per heavy atom. The van der Waals surface area contributed by atoms with Crippen molar-refractivity contribution in [2.75, 3.05) is 20.2 Å². The van der Waals surface area contributed by atoms with Crippen LogP contribution < -0.4 is 5.32 Å². The van der Waals surface area contributed by atoms with Crippen LogP contribution in [0, 0.1) is 0 Å². The molecule has 0 spiro atoms. The zero-order valence-corrected chi connectivity index (χ0v) is 12.0. The molecule has 1 amide bonds. The molecule has 1 aliphatic heterocycles. The first-order valence-corrected chi connectivity index (χ1v) is 6.68. The summed E-state index contributed by atoms with van der Waals surface area (Å²) in [6.45, 7) is 5.59. The van der Waals surface area contributed by atoms with Gasteiger partial charge in [0.25, 0.3) is 11.7 Å². The Kier molecular flexibility index (Phi) is 4.57. The number of carbonyl (C=O) groups excluding carboxylic acids is 2. The lowest BCUT2D eigenvalue weighted by molar-refractivity contribution is -0.118. The van der Waals surface area contributed by atoms with Crippen molar-refractivity contribution in [3.63, 3.8) is 0 Å². The molecule has 2 heterocycles. The third-order valence-corrected chi connectivity index (χ3v) is 3.60. The Balaban J connectivity index is 1.98. The number of likely N-dealkylation sites (tertiary alicyclic amines) is 1. The highest BCUT2D eigenvalue weighted by molar-refractivity contribution is 6.42. The summed E-state index contributed by atoms with van der Waals surface area (Å²) in [4.78, 5) is 26.0. The predicted molar refractivity (Wildman–Crippen MR) is 72.5 cm³/mol. The van der Waals surface area contributed by atoms with E-state index in [4.69, 9.17) is 9.15 Å². The van der Waals surface area contributed by atoms with Crippen molar-refractivity contribution >= 4 is 11.7 Å². The maximum Gasteiger partial charge on any atom is 0.296 e. The van der Waals surface area contributed by atoms with Crippen molar-refractivity contribution in [2.24, 2.45) is 0 Å². The first-order chi connectivity index (χ1) is 9.52. The van der Waals surface area contributed by atoms with Crippen molar-refractivity contribution in [1.29, 1.82) is 0 Å². The third-order valence-electron chi connectivity index (χ3n) is 3.60. The molecule has 0 aliphatic carbocycles. The third kappa shape index (κ3) is 3.08. The van der Waals surface area contributed by atoms with E-state index >= 15 is 0 Å². The Morgan fingerprint density at radius 3 is 2.75 bits per heavy atom. The predicted octanol–water partition coefficient (Wildman–Crippen LogP) is 0.686. The van der Waals surface area contributed by atoms with E-state index in [1.807, 2.05) is 0 Å². The number of methoxy groups -OCH3 is 1. The fourth-order valence-corrected chi connectivity index (χ4v) is 2.36. The number of ketones is 1. The largest absolute Gasteiger partial charge is 0.461 e. The van der Waals surface area contributed by atoms with E-state index in [1.54, 1.807) is 13.2 Å². The minimum absolute atomic E-state index is 0.0511. The summed E-state index contributed by atoms with van der Waals surface area (Å²) in [5, 5.41) is 2.74. The normalized spacial score (nSPS) is 23.2. The van der Waals surface area contributed by atoms with Crippen molar-refractivity contribution in [1.82, 2.24) is 10.2 Å². The average Bonchev–Trinajstić information content (AvgIpc) is 3.06. The summed E-state index contributed by atoms with van der Waals surface area (Å²) >= 11 is 0. The number of carbonyl (C=O) groups is 2. The van der Waals surface area contributed by atoms with Crippen LogP contribution in [-0.4, -0.2) is 55.0 Å². The molecule has 6 nitrogen and oxygen atoms in total. The molecule has 2 rings (SSSR count). The van der Waals surface area contributed by atoms with E-state index in [0.29, 0.717) is 12.6 Å². The molecule has 0 radical (unpaired) electrons. The maximum atomic E-state index is 11.9. The van der Waals surface area contributed by atoms with Crippen LogP contribution in [0.4, 0.5) is 0 Å². The summed E-state index contributed by atoms with van der Waals surface area (Å²) in [5.41, 5.74) is 0. The van der Waals surface area contributed by atoms with Crippen LogP contribution in [0.2, 0.25) is 0 Å². The van der Waals surface area contributed by atoms with Crippen molar-refractivity contribution in [3.05, 3.63) is 24.2 Å². The maximum absolute atomic E-state index is 11.9. The number of Topliss-reactive ketones (excluding diaryl/α,β-unsaturated/α-hetero) is 1. The second-order valence-corrected chi connectivity index (χ2v) is 5.21. The number of nitrogens with one attached hydrogen (secondary N) is 1. The second-order valence-electron chi connectivity index (χ2n) is 5.21. The lowest BCUT2D eigenvalue weighted by Crippen LogP contribution is -2.46. The molecule has 2 atom stereocenters. The van der Waals surface area contributed by atoms with Crippen molar-refractivity contribution in [3.8, 4) is 0 Å². The monoisotopic (exact) mass is 280 g/mol. The standard InChI is InChI=1S/C14H20N2O4/c1-9(2)16-7-10(12(8-16)19-3)15-14(18)13(17)11-5-4-6-20-11/h4-6,9-10,12H,7-8H2,1-3H3,(H,15,18)/t10-,12-/m1/s1. The molecule has 0 aromatic carbocycles. The van der Waals surface area contributed by atoms with Gasteiger partial charge in [0.2, 0.25) is 0 Å². The summed E-state index contributed by atoms with van der Waals surface area (Å²) < 4.78 is 10.3. The van der Waals surface area contributed by atoms with E-state index in [9.17, 15) is 9.59 Å². The molecule has 6 heteroatoms. The van der Waals surface area contributed by atoms with E-state index in [-0.39, 0.29) is 17.9 Å². The van der Waals surface area contributed by atoms with Gasteiger partial charge in [-0.3, -0.25) is 14.5 Å². The smallest absolute Gasteiger partial charge is 0.296 e. The van der Waals surface area contributed by atoms with E-state index < -0.39 is 11.7 Å². The van der Waals surface area contributed by atoms with Crippen molar-refractivity contribution in [2.45, 2.75) is 32.0 Å². The minimum atomic E-state index is -0.659. The van der Waals surface area contributed by atoms with Crippen LogP contribution in [0.25, 0.3) is 0 Å². The molecular weight excluding hydrogens is 260 g/mol. The van der Waals surface area contributed by atoms with Gasteiger partial charge in [-0.1, -0.05) is 0 Å². The molecular formula is C14H20N2O4. The molecule has 1 saturated heterocycles. The fourth-order valence-electron chi connectivity index (χ4n) is 2.36. The average molecular weight is 280 g/mol. The molecule has 1 N–H and O–H groups in total. The summed E-state index contributed by atoms with van der Waals surface area (Å²) in [5.74, 6) is -1.26. The van der Waals surface area contributed by atoms with Gasteiger partial charge in [0.1, 0.15) is 0 Å². The number of rotatable bonds is 5.